The lowest BCUT2D eigenvalue weighted by atomic mass is 9.56. The molecule has 0 bridgehead atoms. The van der Waals surface area contributed by atoms with Crippen LogP contribution in [0.4, 0.5) is 0 Å². The minimum absolute atomic E-state index is 0.0801. The predicted octanol–water partition coefficient (Wildman–Crippen LogP) is 6.26. The second kappa shape index (κ2) is 16.1. The number of methoxy groups -OCH3 is 1. The molecule has 290 valence electrons. The highest BCUT2D eigenvalue weighted by atomic mass is 32.2. The number of hydrogen-bond acceptors (Lipinski definition) is 9. The van der Waals surface area contributed by atoms with Crippen molar-refractivity contribution in [1.82, 2.24) is 10.6 Å². The summed E-state index contributed by atoms with van der Waals surface area (Å²) in [7, 11) is 1.82. The number of unbranched alkanes of at least 4 members (excludes halogenated alkanes) is 3. The Morgan fingerprint density at radius 2 is 1.64 bits per heavy atom. The van der Waals surface area contributed by atoms with E-state index in [9.17, 15) is 14.4 Å². The molecule has 9 atom stereocenters. The van der Waals surface area contributed by atoms with Gasteiger partial charge in [0.2, 0.25) is 0 Å². The lowest BCUT2D eigenvalue weighted by molar-refractivity contribution is -0.174. The summed E-state index contributed by atoms with van der Waals surface area (Å²) in [6.07, 6.45) is 7.10. The van der Waals surface area contributed by atoms with Gasteiger partial charge in [-0.25, -0.2) is 0 Å². The van der Waals surface area contributed by atoms with Gasteiger partial charge in [-0.2, -0.15) is 0 Å². The maximum absolute atomic E-state index is 13.9. The van der Waals surface area contributed by atoms with E-state index in [1.54, 1.807) is 12.1 Å². The van der Waals surface area contributed by atoms with E-state index in [0.717, 1.165) is 74.2 Å². The van der Waals surface area contributed by atoms with Gasteiger partial charge in [-0.15, -0.1) is 11.8 Å². The SMILES string of the molecule is CO[C@H]1[C@H](C)[C@@]23CCC(=O)C24C[C@@H](C)[C@@](C)([C@H](OC(=O)CSc2ccc(C(=O)NCc5ccc(CN)cc5)cc2)C[C@]1(C)CNCCCCCCN)[C@H]43. The third kappa shape index (κ3) is 7.12. The molecule has 2 spiro atoms. The van der Waals surface area contributed by atoms with E-state index in [4.69, 9.17) is 20.9 Å². The molecule has 0 radical (unpaired) electrons. The third-order valence-electron chi connectivity index (χ3n) is 14.2. The van der Waals surface area contributed by atoms with Gasteiger partial charge in [0.1, 0.15) is 11.9 Å². The van der Waals surface area contributed by atoms with Crippen LogP contribution in [-0.2, 0) is 32.2 Å². The lowest BCUT2D eigenvalue weighted by Gasteiger charge is -2.53. The number of hydrogen-bond donors (Lipinski definition) is 4. The molecule has 6 rings (SSSR count). The molecule has 9 nitrogen and oxygen atoms in total. The maximum atomic E-state index is 13.9. The summed E-state index contributed by atoms with van der Waals surface area (Å²) in [5.41, 5.74) is 12.9. The molecular weight excluding hydrogens is 685 g/mol. The zero-order chi connectivity index (χ0) is 38.0. The Bertz CT molecular complexity index is 1620. The first-order valence-electron chi connectivity index (χ1n) is 19.9. The molecule has 4 fully saturated rings. The topological polar surface area (TPSA) is 146 Å². The summed E-state index contributed by atoms with van der Waals surface area (Å²) in [5, 5.41) is 6.74. The fraction of sp³-hybridized carbons (Fsp3) is 0.651. The van der Waals surface area contributed by atoms with Crippen molar-refractivity contribution in [3.63, 3.8) is 0 Å². The van der Waals surface area contributed by atoms with Gasteiger partial charge >= 0.3 is 5.97 Å². The molecule has 2 aromatic rings. The number of esters is 1. The fourth-order valence-electron chi connectivity index (χ4n) is 11.6. The lowest BCUT2D eigenvalue weighted by Crippen LogP contribution is -2.56. The summed E-state index contributed by atoms with van der Waals surface area (Å²) in [5.74, 6) is 0.835. The zero-order valence-electron chi connectivity index (χ0n) is 32.5. The van der Waals surface area contributed by atoms with Gasteiger partial charge in [0, 0.05) is 59.9 Å². The van der Waals surface area contributed by atoms with Crippen LogP contribution in [0.5, 0.6) is 0 Å². The number of benzene rings is 2. The van der Waals surface area contributed by atoms with Crippen LogP contribution in [0, 0.1) is 39.4 Å². The van der Waals surface area contributed by atoms with Crippen LogP contribution >= 0.6 is 11.8 Å². The smallest absolute Gasteiger partial charge is 0.316 e. The molecular formula is C43H62N4O5S. The van der Waals surface area contributed by atoms with E-state index < -0.39 is 0 Å². The quantitative estimate of drug-likeness (QED) is 0.0838. The van der Waals surface area contributed by atoms with E-state index in [-0.39, 0.29) is 69.3 Å². The van der Waals surface area contributed by atoms with Gasteiger partial charge in [0.15, 0.2) is 0 Å². The molecule has 6 N–H and O–H groups in total. The number of Topliss-reactive ketones (excluding diaryl/α,β-unsaturated/α-hetero) is 1. The molecule has 4 saturated carbocycles. The number of ketones is 1. The second-order valence-electron chi connectivity index (χ2n) is 17.0. The Kier molecular flexibility index (Phi) is 12.2. The number of ether oxygens (including phenoxy) is 2. The van der Waals surface area contributed by atoms with E-state index >= 15 is 0 Å². The standard InChI is InChI=1S/C43H62N4O5S/c1-28-22-43-34(48)18-19-42(43)29(2)37(51-5)40(3,27-46-21-9-7-6-8-20-44)23-35(41(28,4)39(42)43)52-36(49)26-53-33-16-14-32(15-17-33)38(50)47-25-31-12-10-30(24-45)11-13-31/h10-17,28-29,35,37,39,46H,6-9,18-27,44-45H2,1-5H3,(H,47,50)/t28-,29+,35-,37+,39+,40-,41+,42-,43?/m1/s1. The van der Waals surface area contributed by atoms with Crippen LogP contribution in [0.3, 0.4) is 0 Å². The van der Waals surface area contributed by atoms with Crippen molar-refractivity contribution < 1.29 is 23.9 Å². The fourth-order valence-corrected chi connectivity index (χ4v) is 12.2. The maximum Gasteiger partial charge on any atom is 0.316 e. The Morgan fingerprint density at radius 1 is 0.943 bits per heavy atom. The van der Waals surface area contributed by atoms with Crippen LogP contribution in [-0.4, -0.2) is 62.4 Å². The number of carbonyl (C=O) groups excluding carboxylic acids is 3. The number of thioether (sulfide) groups is 1. The second-order valence-corrected chi connectivity index (χ2v) is 18.1. The predicted molar refractivity (Wildman–Crippen MR) is 210 cm³/mol. The Labute approximate surface area is 320 Å². The minimum Gasteiger partial charge on any atom is -0.461 e. The van der Waals surface area contributed by atoms with Gasteiger partial charge in [-0.3, -0.25) is 14.4 Å². The van der Waals surface area contributed by atoms with Crippen LogP contribution in [0.25, 0.3) is 0 Å². The van der Waals surface area contributed by atoms with Crippen LogP contribution in [0.15, 0.2) is 53.4 Å². The van der Waals surface area contributed by atoms with Crippen molar-refractivity contribution >= 4 is 29.4 Å². The number of rotatable bonds is 17. The van der Waals surface area contributed by atoms with Crippen molar-refractivity contribution in [2.24, 2.45) is 50.9 Å². The highest BCUT2D eigenvalue weighted by Crippen LogP contribution is 2.91. The highest BCUT2D eigenvalue weighted by Gasteiger charge is 2.92. The Balaban J connectivity index is 1.14. The van der Waals surface area contributed by atoms with Crippen molar-refractivity contribution in [3.05, 3.63) is 65.2 Å². The monoisotopic (exact) mass is 746 g/mol. The molecule has 0 saturated heterocycles. The molecule has 10 heteroatoms. The van der Waals surface area contributed by atoms with Crippen LogP contribution in [0.2, 0.25) is 0 Å². The molecule has 2 aromatic carbocycles. The molecule has 0 heterocycles. The minimum atomic E-state index is -0.343. The van der Waals surface area contributed by atoms with Crippen molar-refractivity contribution in [3.8, 4) is 0 Å². The molecule has 1 unspecified atom stereocenters. The van der Waals surface area contributed by atoms with Crippen molar-refractivity contribution in [2.45, 2.75) is 109 Å². The third-order valence-corrected chi connectivity index (χ3v) is 15.2. The zero-order valence-corrected chi connectivity index (χ0v) is 33.3. The van der Waals surface area contributed by atoms with E-state index in [2.05, 4.69) is 38.3 Å². The van der Waals surface area contributed by atoms with E-state index in [1.807, 2.05) is 43.5 Å². The summed E-state index contributed by atoms with van der Waals surface area (Å²) in [6.45, 7) is 12.5. The number of nitrogens with one attached hydrogen (secondary N) is 2. The number of nitrogens with two attached hydrogens (primary N) is 2. The van der Waals surface area contributed by atoms with E-state index in [0.29, 0.717) is 37.3 Å². The van der Waals surface area contributed by atoms with Gasteiger partial charge in [-0.05, 0) is 104 Å². The molecule has 4 aliphatic carbocycles. The Morgan fingerprint density at radius 3 is 2.32 bits per heavy atom. The summed E-state index contributed by atoms with van der Waals surface area (Å²) in [6, 6.07) is 15.2. The van der Waals surface area contributed by atoms with Crippen molar-refractivity contribution in [2.75, 3.05) is 32.5 Å². The average Bonchev–Trinajstić information content (AvgIpc) is 3.53. The van der Waals surface area contributed by atoms with Gasteiger partial charge in [0.05, 0.1) is 11.9 Å². The number of amides is 1. The molecule has 53 heavy (non-hydrogen) atoms. The molecule has 0 aliphatic heterocycles. The first-order valence-corrected chi connectivity index (χ1v) is 20.8. The van der Waals surface area contributed by atoms with Crippen molar-refractivity contribution in [1.29, 1.82) is 0 Å². The summed E-state index contributed by atoms with van der Waals surface area (Å²) < 4.78 is 13.1. The molecule has 1 amide bonds. The summed E-state index contributed by atoms with van der Waals surface area (Å²) >= 11 is 1.42. The Hall–Kier alpha value is -2.76. The van der Waals surface area contributed by atoms with Gasteiger partial charge in [0.25, 0.3) is 5.91 Å². The normalized spacial score (nSPS) is 34.2. The molecule has 4 aliphatic rings. The van der Waals surface area contributed by atoms with Gasteiger partial charge < -0.3 is 31.6 Å². The molecule has 0 aromatic heterocycles. The largest absolute Gasteiger partial charge is 0.461 e. The first kappa shape index (κ1) is 39.9. The van der Waals surface area contributed by atoms with Crippen LogP contribution < -0.4 is 22.1 Å². The highest BCUT2D eigenvalue weighted by molar-refractivity contribution is 8.00. The summed E-state index contributed by atoms with van der Waals surface area (Å²) in [4.78, 5) is 41.4. The van der Waals surface area contributed by atoms with Crippen LogP contribution in [0.1, 0.15) is 101 Å². The first-order chi connectivity index (χ1) is 25.4. The number of carbonyl (C=O) groups is 3. The van der Waals surface area contributed by atoms with Gasteiger partial charge in [-0.1, -0.05) is 64.8 Å². The van der Waals surface area contributed by atoms with E-state index in [1.165, 1.54) is 11.8 Å². The average molecular weight is 747 g/mol.